The zero-order valence-electron chi connectivity index (χ0n) is 14.2. The molecule has 1 unspecified atom stereocenters. The summed E-state index contributed by atoms with van der Waals surface area (Å²) in [6, 6.07) is 9.67. The van der Waals surface area contributed by atoms with Crippen LogP contribution in [0.15, 0.2) is 42.0 Å². The number of rotatable bonds is 4. The lowest BCUT2D eigenvalue weighted by Gasteiger charge is -2.30. The molecule has 0 radical (unpaired) electrons. The molecule has 3 amide bonds. The Morgan fingerprint density at radius 1 is 1.21 bits per heavy atom. The minimum Gasteiger partial charge on any atom is -0.340 e. The van der Waals surface area contributed by atoms with Gasteiger partial charge in [-0.15, -0.1) is 0 Å². The van der Waals surface area contributed by atoms with Gasteiger partial charge in [0.15, 0.2) is 0 Å². The number of nitrogens with zero attached hydrogens (tertiary/aromatic N) is 2. The van der Waals surface area contributed by atoms with E-state index in [1.165, 1.54) is 5.57 Å². The van der Waals surface area contributed by atoms with E-state index >= 15 is 0 Å². The maximum Gasteiger partial charge on any atom is 0.318 e. The normalized spacial score (nSPS) is 19.2. The highest BCUT2D eigenvalue weighted by Gasteiger charge is 2.26. The van der Waals surface area contributed by atoms with Crippen molar-refractivity contribution in [3.8, 4) is 0 Å². The van der Waals surface area contributed by atoms with E-state index < -0.39 is 0 Å². The van der Waals surface area contributed by atoms with Crippen molar-refractivity contribution in [3.63, 3.8) is 0 Å². The minimum absolute atomic E-state index is 0.0563. The smallest absolute Gasteiger partial charge is 0.318 e. The molecule has 1 aromatic carbocycles. The lowest BCUT2D eigenvalue weighted by atomic mass is 10.1. The third-order valence-corrected chi connectivity index (χ3v) is 4.80. The highest BCUT2D eigenvalue weighted by molar-refractivity contribution is 5.78. The molecule has 0 aliphatic carbocycles. The van der Waals surface area contributed by atoms with Crippen molar-refractivity contribution >= 4 is 11.9 Å². The molecule has 1 fully saturated rings. The van der Waals surface area contributed by atoms with Gasteiger partial charge in [-0.3, -0.25) is 4.79 Å². The predicted octanol–water partition coefficient (Wildman–Crippen LogP) is 2.71. The van der Waals surface area contributed by atoms with Crippen LogP contribution in [0.5, 0.6) is 0 Å². The summed E-state index contributed by atoms with van der Waals surface area (Å²) in [7, 11) is 0. The van der Waals surface area contributed by atoms with Gasteiger partial charge in [0.25, 0.3) is 0 Å². The van der Waals surface area contributed by atoms with E-state index in [-0.39, 0.29) is 18.0 Å². The van der Waals surface area contributed by atoms with Gasteiger partial charge in [-0.1, -0.05) is 42.0 Å². The zero-order chi connectivity index (χ0) is 16.9. The topological polar surface area (TPSA) is 52.7 Å². The Hall–Kier alpha value is -2.30. The van der Waals surface area contributed by atoms with Crippen LogP contribution >= 0.6 is 0 Å². The van der Waals surface area contributed by atoms with Crippen molar-refractivity contribution in [1.82, 2.24) is 15.1 Å². The molecule has 1 saturated heterocycles. The van der Waals surface area contributed by atoms with Gasteiger partial charge in [0.05, 0.1) is 6.04 Å². The van der Waals surface area contributed by atoms with Crippen molar-refractivity contribution < 1.29 is 9.59 Å². The molecule has 5 nitrogen and oxygen atoms in total. The van der Waals surface area contributed by atoms with E-state index in [9.17, 15) is 9.59 Å². The average molecular weight is 327 g/mol. The number of hydrogen-bond donors (Lipinski definition) is 1. The van der Waals surface area contributed by atoms with Crippen molar-refractivity contribution in [2.24, 2.45) is 0 Å². The lowest BCUT2D eigenvalue weighted by Crippen LogP contribution is -2.46. The number of benzene rings is 1. The van der Waals surface area contributed by atoms with Gasteiger partial charge in [-0.05, 0) is 25.3 Å². The third kappa shape index (κ3) is 3.96. The first-order chi connectivity index (χ1) is 11.6. The molecule has 3 rings (SSSR count). The Morgan fingerprint density at radius 3 is 2.62 bits per heavy atom. The third-order valence-electron chi connectivity index (χ3n) is 4.80. The van der Waals surface area contributed by atoms with E-state index in [2.05, 4.69) is 18.3 Å². The first-order valence-corrected chi connectivity index (χ1v) is 8.67. The molecule has 0 bridgehead atoms. The van der Waals surface area contributed by atoms with Crippen LogP contribution in [0, 0.1) is 0 Å². The van der Waals surface area contributed by atoms with Crippen LogP contribution in [0.4, 0.5) is 4.79 Å². The van der Waals surface area contributed by atoms with Crippen LogP contribution < -0.4 is 5.32 Å². The molecule has 2 heterocycles. The van der Waals surface area contributed by atoms with Gasteiger partial charge < -0.3 is 15.1 Å². The number of amides is 3. The standard InChI is InChI=1S/C19H25N3O2/c1-15-9-12-21(13-10-15)19(24)20-17(16-6-3-2-4-7-16)14-22-11-5-8-18(22)23/h2-4,6-7,9,17H,5,8,10-14H2,1H3,(H,20,24). The Morgan fingerprint density at radius 2 is 2.00 bits per heavy atom. The Kier molecular flexibility index (Phi) is 5.18. The van der Waals surface area contributed by atoms with Gasteiger partial charge in [-0.25, -0.2) is 4.79 Å². The molecular weight excluding hydrogens is 302 g/mol. The Bertz CT molecular complexity index is 627. The summed E-state index contributed by atoms with van der Waals surface area (Å²) >= 11 is 0. The molecular formula is C19H25N3O2. The number of hydrogen-bond acceptors (Lipinski definition) is 2. The molecule has 5 heteroatoms. The fourth-order valence-corrected chi connectivity index (χ4v) is 3.23. The van der Waals surface area contributed by atoms with E-state index in [0.717, 1.165) is 31.5 Å². The summed E-state index contributed by atoms with van der Waals surface area (Å²) in [4.78, 5) is 28.3. The van der Waals surface area contributed by atoms with Crippen LogP contribution in [0.1, 0.15) is 37.8 Å². The summed E-state index contributed by atoms with van der Waals surface area (Å²) in [6.45, 7) is 4.82. The monoisotopic (exact) mass is 327 g/mol. The van der Waals surface area contributed by atoms with Crippen molar-refractivity contribution in [2.45, 2.75) is 32.2 Å². The average Bonchev–Trinajstić information content (AvgIpc) is 3.00. The quantitative estimate of drug-likeness (QED) is 0.865. The minimum atomic E-state index is -0.173. The predicted molar refractivity (Wildman–Crippen MR) is 93.5 cm³/mol. The molecule has 2 aliphatic rings. The van der Waals surface area contributed by atoms with E-state index in [1.54, 1.807) is 0 Å². The van der Waals surface area contributed by atoms with Gasteiger partial charge >= 0.3 is 6.03 Å². The summed E-state index contributed by atoms with van der Waals surface area (Å²) < 4.78 is 0. The largest absolute Gasteiger partial charge is 0.340 e. The second kappa shape index (κ2) is 7.51. The first kappa shape index (κ1) is 16.6. The van der Waals surface area contributed by atoms with Crippen LogP contribution in [0.25, 0.3) is 0 Å². The fourth-order valence-electron chi connectivity index (χ4n) is 3.23. The van der Waals surface area contributed by atoms with Crippen LogP contribution in [0.2, 0.25) is 0 Å². The molecule has 0 aromatic heterocycles. The van der Waals surface area contributed by atoms with Crippen molar-refractivity contribution in [1.29, 1.82) is 0 Å². The Labute approximate surface area is 143 Å². The maximum absolute atomic E-state index is 12.6. The second-order valence-electron chi connectivity index (χ2n) is 6.60. The molecule has 1 aromatic rings. The molecule has 128 valence electrons. The summed E-state index contributed by atoms with van der Waals surface area (Å²) in [6.07, 6.45) is 4.55. The van der Waals surface area contributed by atoms with E-state index in [1.807, 2.05) is 40.1 Å². The number of likely N-dealkylation sites (tertiary alicyclic amines) is 1. The number of carbonyl (C=O) groups excluding carboxylic acids is 2. The SMILES string of the molecule is CC1=CCN(C(=O)NC(CN2CCCC2=O)c2ccccc2)CC1. The highest BCUT2D eigenvalue weighted by atomic mass is 16.2. The fraction of sp³-hybridized carbons (Fsp3) is 0.474. The summed E-state index contributed by atoms with van der Waals surface area (Å²) in [5, 5.41) is 3.13. The van der Waals surface area contributed by atoms with Gasteiger partial charge in [0, 0.05) is 32.6 Å². The van der Waals surface area contributed by atoms with Crippen molar-refractivity contribution in [2.75, 3.05) is 26.2 Å². The van der Waals surface area contributed by atoms with Gasteiger partial charge in [-0.2, -0.15) is 0 Å². The van der Waals surface area contributed by atoms with Gasteiger partial charge in [0.2, 0.25) is 5.91 Å². The molecule has 1 atom stereocenters. The molecule has 1 N–H and O–H groups in total. The molecule has 0 saturated carbocycles. The summed E-state index contributed by atoms with van der Waals surface area (Å²) in [5.74, 6) is 0.182. The van der Waals surface area contributed by atoms with E-state index in [0.29, 0.717) is 19.5 Å². The summed E-state index contributed by atoms with van der Waals surface area (Å²) in [5.41, 5.74) is 2.37. The number of carbonyl (C=O) groups is 2. The lowest BCUT2D eigenvalue weighted by molar-refractivity contribution is -0.128. The van der Waals surface area contributed by atoms with Crippen molar-refractivity contribution in [3.05, 3.63) is 47.5 Å². The van der Waals surface area contributed by atoms with Crippen LogP contribution in [-0.4, -0.2) is 47.9 Å². The molecule has 2 aliphatic heterocycles. The molecule has 0 spiro atoms. The highest BCUT2D eigenvalue weighted by Crippen LogP contribution is 2.19. The van der Waals surface area contributed by atoms with Gasteiger partial charge in [0.1, 0.15) is 0 Å². The Balaban J connectivity index is 1.70. The maximum atomic E-state index is 12.6. The zero-order valence-corrected chi connectivity index (χ0v) is 14.2. The first-order valence-electron chi connectivity index (χ1n) is 8.67. The van der Waals surface area contributed by atoms with E-state index in [4.69, 9.17) is 0 Å². The number of urea groups is 1. The van der Waals surface area contributed by atoms with Crippen LogP contribution in [-0.2, 0) is 4.79 Å². The van der Waals surface area contributed by atoms with Crippen LogP contribution in [0.3, 0.4) is 0 Å². The number of nitrogens with one attached hydrogen (secondary N) is 1. The molecule has 24 heavy (non-hydrogen) atoms. The second-order valence-corrected chi connectivity index (χ2v) is 6.60.